The van der Waals surface area contributed by atoms with E-state index in [2.05, 4.69) is 20.4 Å². The monoisotopic (exact) mass is 339 g/mol. The fourth-order valence-electron chi connectivity index (χ4n) is 3.35. The molecule has 1 aliphatic rings. The maximum Gasteiger partial charge on any atom is 0.263 e. The van der Waals surface area contributed by atoms with E-state index in [0.29, 0.717) is 29.6 Å². The van der Waals surface area contributed by atoms with Gasteiger partial charge in [0.05, 0.1) is 18.8 Å². The third-order valence-electron chi connectivity index (χ3n) is 4.56. The van der Waals surface area contributed by atoms with Crippen molar-refractivity contribution >= 4 is 22.7 Å². The number of nitrogens with one attached hydrogen (secondary N) is 2. The Morgan fingerprint density at radius 1 is 1.28 bits per heavy atom. The molecule has 2 heterocycles. The van der Waals surface area contributed by atoms with Crippen molar-refractivity contribution in [2.75, 3.05) is 11.9 Å². The quantitative estimate of drug-likeness (QED) is 0.744. The van der Waals surface area contributed by atoms with Gasteiger partial charge < -0.3 is 10.1 Å². The molecule has 0 amide bonds. The van der Waals surface area contributed by atoms with Gasteiger partial charge in [0.2, 0.25) is 5.95 Å². The maximum atomic E-state index is 12.3. The van der Waals surface area contributed by atoms with E-state index in [0.717, 1.165) is 24.3 Å². The molecule has 1 fully saturated rings. The first kappa shape index (κ1) is 15.7. The minimum Gasteiger partial charge on any atom is -0.494 e. The van der Waals surface area contributed by atoms with Gasteiger partial charge in [-0.3, -0.25) is 9.78 Å². The highest BCUT2D eigenvalue weighted by Gasteiger charge is 2.21. The van der Waals surface area contributed by atoms with Crippen LogP contribution in [0.1, 0.15) is 38.6 Å². The molecule has 1 aromatic carbocycles. The Balaban J connectivity index is 1.65. The van der Waals surface area contributed by atoms with E-state index in [1.54, 1.807) is 6.20 Å². The number of nitrogens with zero attached hydrogens (tertiary/aromatic N) is 3. The largest absolute Gasteiger partial charge is 0.494 e. The van der Waals surface area contributed by atoms with Gasteiger partial charge in [-0.05, 0) is 44.0 Å². The van der Waals surface area contributed by atoms with Crippen LogP contribution in [0.4, 0.5) is 11.6 Å². The summed E-state index contributed by atoms with van der Waals surface area (Å²) in [6, 6.07) is 7.88. The van der Waals surface area contributed by atoms with Crippen LogP contribution in [0.3, 0.4) is 0 Å². The first-order valence-electron chi connectivity index (χ1n) is 8.72. The Morgan fingerprint density at radius 3 is 2.76 bits per heavy atom. The smallest absolute Gasteiger partial charge is 0.263 e. The van der Waals surface area contributed by atoms with E-state index in [1.807, 2.05) is 35.9 Å². The first-order chi connectivity index (χ1) is 12.2. The Kier molecular flexibility index (Phi) is 4.13. The number of rotatable bonds is 5. The van der Waals surface area contributed by atoms with Gasteiger partial charge in [-0.2, -0.15) is 10.1 Å². The lowest BCUT2D eigenvalue weighted by Gasteiger charge is -2.11. The van der Waals surface area contributed by atoms with Gasteiger partial charge in [0.15, 0.2) is 5.65 Å². The lowest BCUT2D eigenvalue weighted by Crippen LogP contribution is -2.13. The van der Waals surface area contributed by atoms with Crippen LogP contribution in [0.5, 0.6) is 5.75 Å². The Hall–Kier alpha value is -2.83. The molecule has 25 heavy (non-hydrogen) atoms. The zero-order valence-electron chi connectivity index (χ0n) is 14.2. The lowest BCUT2D eigenvalue weighted by molar-refractivity contribution is 0.340. The van der Waals surface area contributed by atoms with E-state index in [1.165, 1.54) is 12.8 Å². The van der Waals surface area contributed by atoms with Crippen molar-refractivity contribution in [3.63, 3.8) is 0 Å². The number of fused-ring (bicyclic) bond motifs is 1. The minimum atomic E-state index is -0.178. The second-order valence-electron chi connectivity index (χ2n) is 6.26. The number of H-pyrrole nitrogens is 1. The molecule has 0 radical (unpaired) electrons. The van der Waals surface area contributed by atoms with Gasteiger partial charge >= 0.3 is 0 Å². The number of hydrogen-bond donors (Lipinski definition) is 2. The van der Waals surface area contributed by atoms with Gasteiger partial charge in [0, 0.05) is 5.69 Å². The molecular weight excluding hydrogens is 318 g/mol. The summed E-state index contributed by atoms with van der Waals surface area (Å²) in [5, 5.41) is 8.09. The Labute approximate surface area is 145 Å². The minimum absolute atomic E-state index is 0.178. The summed E-state index contributed by atoms with van der Waals surface area (Å²) in [6.45, 7) is 2.58. The Morgan fingerprint density at radius 2 is 2.04 bits per heavy atom. The molecule has 2 N–H and O–H groups in total. The predicted molar refractivity (Wildman–Crippen MR) is 96.5 cm³/mol. The third-order valence-corrected chi connectivity index (χ3v) is 4.56. The zero-order valence-corrected chi connectivity index (χ0v) is 14.2. The van der Waals surface area contributed by atoms with E-state index in [9.17, 15) is 4.79 Å². The molecule has 0 spiro atoms. The molecule has 1 aliphatic carbocycles. The van der Waals surface area contributed by atoms with Crippen molar-refractivity contribution in [2.24, 2.45) is 0 Å². The molecule has 0 bridgehead atoms. The van der Waals surface area contributed by atoms with Crippen molar-refractivity contribution < 1.29 is 4.74 Å². The highest BCUT2D eigenvalue weighted by molar-refractivity contribution is 5.75. The van der Waals surface area contributed by atoms with Crippen molar-refractivity contribution in [1.82, 2.24) is 19.7 Å². The van der Waals surface area contributed by atoms with Crippen LogP contribution in [0.2, 0.25) is 0 Å². The molecule has 7 nitrogen and oxygen atoms in total. The van der Waals surface area contributed by atoms with Gasteiger partial charge in [-0.25, -0.2) is 4.68 Å². The van der Waals surface area contributed by atoms with E-state index < -0.39 is 0 Å². The van der Waals surface area contributed by atoms with Crippen LogP contribution in [0.15, 0.2) is 35.3 Å². The number of aromatic nitrogens is 4. The van der Waals surface area contributed by atoms with Crippen LogP contribution in [-0.2, 0) is 0 Å². The summed E-state index contributed by atoms with van der Waals surface area (Å²) in [7, 11) is 0. The van der Waals surface area contributed by atoms with Gasteiger partial charge in [0.1, 0.15) is 11.1 Å². The number of benzene rings is 1. The Bertz CT molecular complexity index is 923. The van der Waals surface area contributed by atoms with Gasteiger partial charge in [-0.15, -0.1) is 0 Å². The molecule has 0 atom stereocenters. The summed E-state index contributed by atoms with van der Waals surface area (Å²) < 4.78 is 7.34. The second-order valence-corrected chi connectivity index (χ2v) is 6.26. The van der Waals surface area contributed by atoms with Gasteiger partial charge in [0.25, 0.3) is 5.56 Å². The summed E-state index contributed by atoms with van der Waals surface area (Å²) in [4.78, 5) is 19.7. The average Bonchev–Trinajstić information content (AvgIpc) is 3.26. The van der Waals surface area contributed by atoms with Crippen LogP contribution < -0.4 is 15.6 Å². The van der Waals surface area contributed by atoms with Crippen molar-refractivity contribution in [3.8, 4) is 5.75 Å². The lowest BCUT2D eigenvalue weighted by atomic mass is 10.2. The second kappa shape index (κ2) is 6.58. The summed E-state index contributed by atoms with van der Waals surface area (Å²) in [5.74, 6) is 1.23. The molecule has 0 saturated heterocycles. The molecular formula is C18H21N5O2. The number of aromatic amines is 1. The van der Waals surface area contributed by atoms with E-state index >= 15 is 0 Å². The average molecular weight is 339 g/mol. The van der Waals surface area contributed by atoms with Crippen LogP contribution in [0, 0.1) is 0 Å². The molecule has 0 unspecified atom stereocenters. The van der Waals surface area contributed by atoms with Crippen LogP contribution in [0.25, 0.3) is 11.0 Å². The topological polar surface area (TPSA) is 84.8 Å². The first-order valence-corrected chi connectivity index (χ1v) is 8.72. The highest BCUT2D eigenvalue weighted by Crippen LogP contribution is 2.30. The molecule has 3 aromatic rings. The number of ether oxygens (including phenoxy) is 1. The van der Waals surface area contributed by atoms with Crippen molar-refractivity contribution in [1.29, 1.82) is 0 Å². The van der Waals surface area contributed by atoms with E-state index in [-0.39, 0.29) is 5.56 Å². The standard InChI is InChI=1S/C18H21N5O2/c1-2-25-14-9-7-12(8-10-14)20-18-21-16-15(17(24)22-18)11-19-23(16)13-5-3-4-6-13/h7-11,13H,2-6H2,1H3,(H2,20,21,22,24). The SMILES string of the molecule is CCOc1ccc(Nc2nc3c(cnn3C3CCCC3)c(=O)[nH]2)cc1. The van der Waals surface area contributed by atoms with Gasteiger partial charge in [-0.1, -0.05) is 12.8 Å². The fraction of sp³-hybridized carbons (Fsp3) is 0.389. The summed E-state index contributed by atoms with van der Waals surface area (Å²) in [6.07, 6.45) is 6.19. The van der Waals surface area contributed by atoms with E-state index in [4.69, 9.17) is 4.74 Å². The summed E-state index contributed by atoms with van der Waals surface area (Å²) in [5.41, 5.74) is 1.30. The highest BCUT2D eigenvalue weighted by atomic mass is 16.5. The molecule has 0 aliphatic heterocycles. The molecule has 1 saturated carbocycles. The zero-order chi connectivity index (χ0) is 17.2. The number of anilines is 2. The van der Waals surface area contributed by atoms with Crippen molar-refractivity contribution in [2.45, 2.75) is 38.6 Å². The number of hydrogen-bond acceptors (Lipinski definition) is 5. The maximum absolute atomic E-state index is 12.3. The molecule has 2 aromatic heterocycles. The molecule has 4 rings (SSSR count). The van der Waals surface area contributed by atoms with Crippen molar-refractivity contribution in [3.05, 3.63) is 40.8 Å². The normalized spacial score (nSPS) is 14.9. The van der Waals surface area contributed by atoms with Crippen LogP contribution in [-0.4, -0.2) is 26.4 Å². The fourth-order valence-corrected chi connectivity index (χ4v) is 3.35. The molecule has 130 valence electrons. The third kappa shape index (κ3) is 3.09. The predicted octanol–water partition coefficient (Wildman–Crippen LogP) is 3.38. The summed E-state index contributed by atoms with van der Waals surface area (Å²) >= 11 is 0. The molecule has 7 heteroatoms. The van der Waals surface area contributed by atoms with Crippen LogP contribution >= 0.6 is 0 Å².